The molecule has 0 saturated heterocycles. The van der Waals surface area contributed by atoms with Gasteiger partial charge in [-0.2, -0.15) is 9.97 Å². The molecule has 4 aromatic heterocycles. The van der Waals surface area contributed by atoms with Crippen LogP contribution < -0.4 is 0 Å². The Labute approximate surface area is 361 Å². The summed E-state index contributed by atoms with van der Waals surface area (Å²) in [4.78, 5) is 16.0. The molecule has 0 amide bonds. The Balaban J connectivity index is 1.08. The van der Waals surface area contributed by atoms with Gasteiger partial charge in [-0.25, -0.2) is 4.98 Å². The van der Waals surface area contributed by atoms with E-state index in [1.54, 1.807) is 0 Å². The Kier molecular flexibility index (Phi) is 7.80. The SMILES string of the molecule is c1ccc(-c2ccc3c(c2)c2ccccc2n3-c2nc(-c3ccccc3)nc(-c3ccccc3-c3cc(-n4c5ccccc5c5ccccc54)cc4c3oc3ccccc34)n2)cc1. The quantitative estimate of drug-likeness (QED) is 0.168. The van der Waals surface area contributed by atoms with E-state index in [4.69, 9.17) is 19.4 Å². The molecule has 0 aliphatic carbocycles. The van der Waals surface area contributed by atoms with Crippen LogP contribution in [0.3, 0.4) is 0 Å². The van der Waals surface area contributed by atoms with E-state index >= 15 is 0 Å². The molecule has 0 bridgehead atoms. The first-order valence-corrected chi connectivity index (χ1v) is 21.2. The number of benzene rings is 9. The second-order valence-corrected chi connectivity index (χ2v) is 16.0. The molecule has 0 aliphatic rings. The van der Waals surface area contributed by atoms with Gasteiger partial charge in [0.05, 0.1) is 22.1 Å². The maximum Gasteiger partial charge on any atom is 0.238 e. The van der Waals surface area contributed by atoms with Crippen LogP contribution in [0.5, 0.6) is 0 Å². The van der Waals surface area contributed by atoms with Crippen molar-refractivity contribution in [3.63, 3.8) is 0 Å². The van der Waals surface area contributed by atoms with Gasteiger partial charge < -0.3 is 8.98 Å². The van der Waals surface area contributed by atoms with E-state index in [0.717, 1.165) is 88.3 Å². The molecule has 0 radical (unpaired) electrons. The van der Waals surface area contributed by atoms with Crippen molar-refractivity contribution in [3.8, 4) is 56.7 Å². The Morgan fingerprint density at radius 3 is 1.57 bits per heavy atom. The maximum absolute atomic E-state index is 6.82. The minimum Gasteiger partial charge on any atom is -0.455 e. The van der Waals surface area contributed by atoms with Gasteiger partial charge >= 0.3 is 0 Å². The van der Waals surface area contributed by atoms with E-state index in [9.17, 15) is 0 Å². The number of hydrogen-bond acceptors (Lipinski definition) is 4. The molecule has 0 saturated carbocycles. The Morgan fingerprint density at radius 2 is 0.857 bits per heavy atom. The summed E-state index contributed by atoms with van der Waals surface area (Å²) in [6, 6.07) is 74.4. The molecule has 0 atom stereocenters. The van der Waals surface area contributed by atoms with Gasteiger partial charge in [0.15, 0.2) is 11.6 Å². The largest absolute Gasteiger partial charge is 0.455 e. The normalized spacial score (nSPS) is 11.8. The zero-order valence-corrected chi connectivity index (χ0v) is 33.9. The summed E-state index contributed by atoms with van der Waals surface area (Å²) in [7, 11) is 0. The second kappa shape index (κ2) is 14.0. The number of furan rings is 1. The fraction of sp³-hybridized carbons (Fsp3) is 0. The number of hydrogen-bond donors (Lipinski definition) is 0. The highest BCUT2D eigenvalue weighted by molar-refractivity contribution is 6.14. The first-order chi connectivity index (χ1) is 31.2. The second-order valence-electron chi connectivity index (χ2n) is 16.0. The molecule has 13 aromatic rings. The smallest absolute Gasteiger partial charge is 0.238 e. The van der Waals surface area contributed by atoms with Crippen LogP contribution in [0, 0.1) is 0 Å². The van der Waals surface area contributed by atoms with Crippen molar-refractivity contribution in [1.82, 2.24) is 24.1 Å². The zero-order valence-electron chi connectivity index (χ0n) is 33.9. The van der Waals surface area contributed by atoms with Crippen molar-refractivity contribution in [2.45, 2.75) is 0 Å². The van der Waals surface area contributed by atoms with E-state index in [2.05, 4.69) is 191 Å². The van der Waals surface area contributed by atoms with Crippen LogP contribution in [0.15, 0.2) is 217 Å². The fourth-order valence-corrected chi connectivity index (χ4v) is 9.55. The molecular weight excluding hydrogens is 771 g/mol. The lowest BCUT2D eigenvalue weighted by molar-refractivity contribution is 0.670. The van der Waals surface area contributed by atoms with Crippen LogP contribution in [0.2, 0.25) is 0 Å². The molecule has 0 spiro atoms. The van der Waals surface area contributed by atoms with Crippen LogP contribution in [0.4, 0.5) is 0 Å². The summed E-state index contributed by atoms with van der Waals surface area (Å²) in [5, 5.41) is 6.77. The average Bonchev–Trinajstić information content (AvgIpc) is 4.02. The van der Waals surface area contributed by atoms with Crippen molar-refractivity contribution in [2.75, 3.05) is 0 Å². The Morgan fingerprint density at radius 1 is 0.317 bits per heavy atom. The lowest BCUT2D eigenvalue weighted by Crippen LogP contribution is -2.07. The number of nitrogens with zero attached hydrogens (tertiary/aromatic N) is 5. The number of rotatable bonds is 6. The summed E-state index contributed by atoms with van der Waals surface area (Å²) in [5.74, 6) is 1.69. The molecule has 0 fully saturated rings. The molecule has 6 heteroatoms. The van der Waals surface area contributed by atoms with Gasteiger partial charge in [-0.15, -0.1) is 0 Å². The first kappa shape index (κ1) is 35.2. The van der Waals surface area contributed by atoms with E-state index in [1.807, 2.05) is 30.3 Å². The maximum atomic E-state index is 6.82. The van der Waals surface area contributed by atoms with E-state index in [1.165, 1.54) is 16.3 Å². The highest BCUT2D eigenvalue weighted by atomic mass is 16.3. The minimum absolute atomic E-state index is 0.542. The van der Waals surface area contributed by atoms with Crippen molar-refractivity contribution >= 4 is 65.6 Å². The molecule has 294 valence electrons. The predicted molar refractivity (Wildman–Crippen MR) is 258 cm³/mol. The van der Waals surface area contributed by atoms with Crippen molar-refractivity contribution in [3.05, 3.63) is 212 Å². The molecule has 0 aliphatic heterocycles. The van der Waals surface area contributed by atoms with Crippen LogP contribution in [0.1, 0.15) is 0 Å². The van der Waals surface area contributed by atoms with E-state index < -0.39 is 0 Å². The van der Waals surface area contributed by atoms with Crippen molar-refractivity contribution in [2.24, 2.45) is 0 Å². The summed E-state index contributed by atoms with van der Waals surface area (Å²) in [6.07, 6.45) is 0. The van der Waals surface area contributed by atoms with Gasteiger partial charge in [-0.05, 0) is 65.2 Å². The van der Waals surface area contributed by atoms with E-state index in [0.29, 0.717) is 17.6 Å². The lowest BCUT2D eigenvalue weighted by atomic mass is 9.96. The summed E-state index contributed by atoms with van der Waals surface area (Å²) >= 11 is 0. The number of para-hydroxylation sites is 4. The molecule has 0 unspecified atom stereocenters. The van der Waals surface area contributed by atoms with Crippen molar-refractivity contribution < 1.29 is 4.42 Å². The number of fused-ring (bicyclic) bond motifs is 9. The van der Waals surface area contributed by atoms with Gasteiger partial charge in [0.2, 0.25) is 5.95 Å². The minimum atomic E-state index is 0.542. The monoisotopic (exact) mass is 805 g/mol. The predicted octanol–water partition coefficient (Wildman–Crippen LogP) is 14.6. The van der Waals surface area contributed by atoms with E-state index in [-0.39, 0.29) is 0 Å². The fourth-order valence-electron chi connectivity index (χ4n) is 9.55. The first-order valence-electron chi connectivity index (χ1n) is 21.2. The van der Waals surface area contributed by atoms with Crippen LogP contribution in [0.25, 0.3) is 122 Å². The third kappa shape index (κ3) is 5.55. The lowest BCUT2D eigenvalue weighted by Gasteiger charge is -2.15. The molecule has 0 N–H and O–H groups in total. The van der Waals surface area contributed by atoms with Gasteiger partial charge in [0.25, 0.3) is 0 Å². The summed E-state index contributed by atoms with van der Waals surface area (Å²) in [5.41, 5.74) is 13.0. The molecule has 9 aromatic carbocycles. The van der Waals surface area contributed by atoms with Gasteiger partial charge in [0.1, 0.15) is 11.2 Å². The molecular formula is C57H35N5O. The Bertz CT molecular complexity index is 3860. The highest BCUT2D eigenvalue weighted by Crippen LogP contribution is 2.43. The summed E-state index contributed by atoms with van der Waals surface area (Å²) in [6.45, 7) is 0. The molecule has 13 rings (SSSR count). The topological polar surface area (TPSA) is 61.7 Å². The van der Waals surface area contributed by atoms with Gasteiger partial charge in [0, 0.05) is 54.7 Å². The number of aromatic nitrogens is 5. The van der Waals surface area contributed by atoms with Gasteiger partial charge in [-0.3, -0.25) is 4.57 Å². The average molecular weight is 806 g/mol. The molecule has 63 heavy (non-hydrogen) atoms. The highest BCUT2D eigenvalue weighted by Gasteiger charge is 2.23. The summed E-state index contributed by atoms with van der Waals surface area (Å²) < 4.78 is 11.4. The van der Waals surface area contributed by atoms with Crippen LogP contribution in [-0.2, 0) is 0 Å². The van der Waals surface area contributed by atoms with Crippen molar-refractivity contribution in [1.29, 1.82) is 0 Å². The Hall–Kier alpha value is -8.61. The van der Waals surface area contributed by atoms with Crippen LogP contribution in [-0.4, -0.2) is 24.1 Å². The molecule has 4 heterocycles. The van der Waals surface area contributed by atoms with Gasteiger partial charge in [-0.1, -0.05) is 164 Å². The third-order valence-electron chi connectivity index (χ3n) is 12.4. The standard InChI is InChI=1S/C57H35N5O/c1-3-17-36(18-4-1)38-31-32-52-46(33-38)43-24-11-15-29-51(43)62(52)57-59-55(37-19-5-2-6-20-37)58-56(60-57)45-26-8-7-21-40(45)47-34-39(35-48-44-25-12-16-30-53(44)63-54(47)48)61-49-27-13-9-22-41(49)42-23-10-14-28-50(42)61/h1-35H. The zero-order chi connectivity index (χ0) is 41.4. The third-order valence-corrected chi connectivity index (χ3v) is 12.4. The molecule has 6 nitrogen and oxygen atoms in total. The van der Waals surface area contributed by atoms with Crippen LogP contribution >= 0.6 is 0 Å².